The number of rotatable bonds is 3. The van der Waals surface area contributed by atoms with Crippen molar-refractivity contribution < 1.29 is 4.79 Å². The maximum Gasteiger partial charge on any atom is 0.216 e. The highest BCUT2D eigenvalue weighted by Crippen LogP contribution is 2.22. The van der Waals surface area contributed by atoms with Gasteiger partial charge in [-0.05, 0) is 12.1 Å². The summed E-state index contributed by atoms with van der Waals surface area (Å²) < 4.78 is 0. The van der Waals surface area contributed by atoms with Gasteiger partial charge < -0.3 is 11.1 Å². The molecule has 2 rings (SSSR count). The van der Waals surface area contributed by atoms with Crippen molar-refractivity contribution in [3.05, 3.63) is 35.2 Å². The number of hydrogen-bond acceptors (Lipinski definition) is 4. The molecule has 0 aliphatic carbocycles. The number of nitrogens with two attached hydrogens (primary N) is 1. The van der Waals surface area contributed by atoms with Gasteiger partial charge in [-0.1, -0.05) is 24.0 Å². The molecule has 0 bridgehead atoms. The lowest BCUT2D eigenvalue weighted by Crippen LogP contribution is -2.20. The van der Waals surface area contributed by atoms with Gasteiger partial charge in [0.25, 0.3) is 0 Å². The zero-order chi connectivity index (χ0) is 14.4. The molecule has 20 heavy (non-hydrogen) atoms. The molecular weight excluding hydrogens is 270 g/mol. The third kappa shape index (κ3) is 4.11. The summed E-state index contributed by atoms with van der Waals surface area (Å²) in [6.45, 7) is 2.08. The second-order valence-corrected chi connectivity index (χ2v) is 5.07. The maximum atomic E-state index is 10.7. The normalized spacial score (nSPS) is 9.65. The Morgan fingerprint density at radius 2 is 2.15 bits per heavy atom. The molecule has 1 aromatic heterocycles. The van der Waals surface area contributed by atoms with E-state index in [1.807, 2.05) is 29.6 Å². The molecule has 4 nitrogen and oxygen atoms in total. The number of nitrogen functional groups attached to an aromatic ring is 1. The van der Waals surface area contributed by atoms with E-state index in [1.165, 1.54) is 18.3 Å². The Labute approximate surface area is 122 Å². The molecule has 0 radical (unpaired) electrons. The number of amides is 1. The minimum Gasteiger partial charge on any atom is -0.375 e. The number of thiazole rings is 1. The Morgan fingerprint density at radius 3 is 2.75 bits per heavy atom. The molecule has 0 aliphatic rings. The average molecular weight is 285 g/mol. The molecule has 0 saturated carbocycles. The van der Waals surface area contributed by atoms with Crippen LogP contribution < -0.4 is 11.1 Å². The van der Waals surface area contributed by atoms with Crippen LogP contribution in [0.4, 0.5) is 5.13 Å². The van der Waals surface area contributed by atoms with Crippen molar-refractivity contribution in [1.29, 1.82) is 0 Å². The van der Waals surface area contributed by atoms with E-state index in [0.29, 0.717) is 18.1 Å². The molecular formula is C15H15N3OS. The zero-order valence-corrected chi connectivity index (χ0v) is 12.0. The second-order valence-electron chi connectivity index (χ2n) is 4.18. The first-order valence-corrected chi connectivity index (χ1v) is 7.08. The number of carbonyl (C=O) groups is 1. The number of anilines is 1. The number of carbonyl (C=O) groups excluding carboxylic acids is 1. The van der Waals surface area contributed by atoms with Crippen LogP contribution in [-0.4, -0.2) is 17.4 Å². The van der Waals surface area contributed by atoms with Crippen LogP contribution in [0.2, 0.25) is 0 Å². The largest absolute Gasteiger partial charge is 0.375 e. The van der Waals surface area contributed by atoms with Crippen molar-refractivity contribution in [2.24, 2.45) is 0 Å². The molecule has 102 valence electrons. The summed E-state index contributed by atoms with van der Waals surface area (Å²) >= 11 is 1.43. The number of nitrogens with one attached hydrogen (secondary N) is 1. The smallest absolute Gasteiger partial charge is 0.216 e. The lowest BCUT2D eigenvalue weighted by molar-refractivity contribution is -0.118. The molecule has 0 spiro atoms. The fourth-order valence-electron chi connectivity index (χ4n) is 1.61. The predicted octanol–water partition coefficient (Wildman–Crippen LogP) is 2.27. The first-order valence-electron chi connectivity index (χ1n) is 6.20. The van der Waals surface area contributed by atoms with Crippen LogP contribution in [0.15, 0.2) is 29.6 Å². The molecule has 0 saturated heterocycles. The van der Waals surface area contributed by atoms with Crippen molar-refractivity contribution >= 4 is 22.4 Å². The number of nitrogens with zero attached hydrogens (tertiary/aromatic N) is 1. The highest BCUT2D eigenvalue weighted by molar-refractivity contribution is 7.13. The fraction of sp³-hybridized carbons (Fsp3) is 0.200. The van der Waals surface area contributed by atoms with Crippen LogP contribution in [0.25, 0.3) is 11.3 Å². The summed E-state index contributed by atoms with van der Waals surface area (Å²) in [7, 11) is 0. The topological polar surface area (TPSA) is 68.0 Å². The van der Waals surface area contributed by atoms with Crippen molar-refractivity contribution in [2.75, 3.05) is 12.3 Å². The van der Waals surface area contributed by atoms with E-state index < -0.39 is 0 Å². The van der Waals surface area contributed by atoms with E-state index in [9.17, 15) is 4.79 Å². The highest BCUT2D eigenvalue weighted by Gasteiger charge is 2.01. The van der Waals surface area contributed by atoms with Gasteiger partial charge in [-0.3, -0.25) is 4.79 Å². The standard InChI is InChI=1S/C15H15N3OS/c1-11(19)17-9-3-2-4-12-5-7-13(8-6-12)14-10-20-15(16)18-14/h5-8,10H,3,9H2,1H3,(H2,16,18)(H,17,19). The molecule has 0 aliphatic heterocycles. The third-order valence-electron chi connectivity index (χ3n) is 2.56. The molecule has 1 heterocycles. The number of aromatic nitrogens is 1. The fourth-order valence-corrected chi connectivity index (χ4v) is 2.18. The van der Waals surface area contributed by atoms with Gasteiger partial charge in [-0.15, -0.1) is 11.3 Å². The Bertz CT molecular complexity index is 650. The highest BCUT2D eigenvalue weighted by atomic mass is 32.1. The Hall–Kier alpha value is -2.32. The molecule has 0 fully saturated rings. The lowest BCUT2D eigenvalue weighted by atomic mass is 10.1. The van der Waals surface area contributed by atoms with Crippen LogP contribution in [-0.2, 0) is 4.79 Å². The van der Waals surface area contributed by atoms with Gasteiger partial charge in [0.2, 0.25) is 5.91 Å². The molecule has 5 heteroatoms. The second kappa shape index (κ2) is 6.73. The van der Waals surface area contributed by atoms with Crippen LogP contribution in [0, 0.1) is 11.8 Å². The first-order chi connectivity index (χ1) is 9.65. The monoisotopic (exact) mass is 285 g/mol. The van der Waals surface area contributed by atoms with Gasteiger partial charge in [0.1, 0.15) is 0 Å². The van der Waals surface area contributed by atoms with Gasteiger partial charge in [0, 0.05) is 36.4 Å². The third-order valence-corrected chi connectivity index (χ3v) is 3.23. The maximum absolute atomic E-state index is 10.7. The van der Waals surface area contributed by atoms with E-state index in [1.54, 1.807) is 0 Å². The summed E-state index contributed by atoms with van der Waals surface area (Å²) in [4.78, 5) is 14.9. The molecule has 1 aromatic carbocycles. The SMILES string of the molecule is CC(=O)NCCC#Cc1ccc(-c2csc(N)n2)cc1. The first kappa shape index (κ1) is 14.1. The van der Waals surface area contributed by atoms with Crippen molar-refractivity contribution in [3.8, 4) is 23.1 Å². The van der Waals surface area contributed by atoms with Gasteiger partial charge in [-0.25, -0.2) is 4.98 Å². The number of benzene rings is 1. The summed E-state index contributed by atoms with van der Waals surface area (Å²) in [6, 6.07) is 7.87. The zero-order valence-electron chi connectivity index (χ0n) is 11.1. The molecule has 0 atom stereocenters. The lowest BCUT2D eigenvalue weighted by Gasteiger charge is -1.97. The Kier molecular flexibility index (Phi) is 4.75. The number of hydrogen-bond donors (Lipinski definition) is 2. The van der Waals surface area contributed by atoms with E-state index in [-0.39, 0.29) is 5.91 Å². The van der Waals surface area contributed by atoms with Gasteiger partial charge in [0.05, 0.1) is 5.69 Å². The predicted molar refractivity (Wildman–Crippen MR) is 82.1 cm³/mol. The molecule has 3 N–H and O–H groups in total. The average Bonchev–Trinajstić information content (AvgIpc) is 2.85. The van der Waals surface area contributed by atoms with Crippen molar-refractivity contribution in [1.82, 2.24) is 10.3 Å². The van der Waals surface area contributed by atoms with Gasteiger partial charge >= 0.3 is 0 Å². The molecule has 2 aromatic rings. The summed E-state index contributed by atoms with van der Waals surface area (Å²) in [6.07, 6.45) is 0.643. The Balaban J connectivity index is 1.95. The summed E-state index contributed by atoms with van der Waals surface area (Å²) in [5.74, 6) is 6.05. The van der Waals surface area contributed by atoms with Crippen molar-refractivity contribution in [3.63, 3.8) is 0 Å². The molecule has 0 unspecified atom stereocenters. The molecule has 1 amide bonds. The van der Waals surface area contributed by atoms with E-state index >= 15 is 0 Å². The quantitative estimate of drug-likeness (QED) is 0.671. The van der Waals surface area contributed by atoms with Crippen LogP contribution in [0.1, 0.15) is 18.9 Å². The van der Waals surface area contributed by atoms with Crippen LogP contribution in [0.5, 0.6) is 0 Å². The minimum atomic E-state index is -0.0290. The summed E-state index contributed by atoms with van der Waals surface area (Å²) in [5.41, 5.74) is 8.48. The minimum absolute atomic E-state index is 0.0290. The summed E-state index contributed by atoms with van der Waals surface area (Å²) in [5, 5.41) is 5.21. The van der Waals surface area contributed by atoms with Crippen molar-refractivity contribution in [2.45, 2.75) is 13.3 Å². The Morgan fingerprint density at radius 1 is 1.40 bits per heavy atom. The van der Waals surface area contributed by atoms with Gasteiger partial charge in [0.15, 0.2) is 5.13 Å². The van der Waals surface area contributed by atoms with E-state index in [2.05, 4.69) is 22.1 Å². The van der Waals surface area contributed by atoms with E-state index in [4.69, 9.17) is 5.73 Å². The van der Waals surface area contributed by atoms with Crippen LogP contribution >= 0.6 is 11.3 Å². The van der Waals surface area contributed by atoms with Gasteiger partial charge in [-0.2, -0.15) is 0 Å². The van der Waals surface area contributed by atoms with E-state index in [0.717, 1.165) is 16.8 Å². The van der Waals surface area contributed by atoms with Crippen LogP contribution in [0.3, 0.4) is 0 Å².